The van der Waals surface area contributed by atoms with Crippen LogP contribution in [-0.4, -0.2) is 37.2 Å². The number of halogens is 1. The molecule has 4 heteroatoms. The lowest BCUT2D eigenvalue weighted by molar-refractivity contribution is 0.231. The third-order valence-electron chi connectivity index (χ3n) is 4.28. The fraction of sp³-hybridized carbons (Fsp3) is 0.625. The zero-order valence-electron chi connectivity index (χ0n) is 12.1. The van der Waals surface area contributed by atoms with E-state index < -0.39 is 0 Å². The molecule has 0 aromatic heterocycles. The molecule has 0 radical (unpaired) electrons. The van der Waals surface area contributed by atoms with Crippen LogP contribution in [0.15, 0.2) is 18.2 Å². The molecule has 1 heterocycles. The molecule has 3 rings (SSSR count). The highest BCUT2D eigenvalue weighted by atomic mass is 35.5. The Labute approximate surface area is 126 Å². The van der Waals surface area contributed by atoms with E-state index in [4.69, 9.17) is 16.3 Å². The maximum Gasteiger partial charge on any atom is 0.137 e. The molecule has 1 aromatic carbocycles. The summed E-state index contributed by atoms with van der Waals surface area (Å²) in [5, 5.41) is 4.31. The molecule has 1 saturated heterocycles. The molecule has 1 N–H and O–H groups in total. The molecule has 1 unspecified atom stereocenters. The number of ether oxygens (including phenoxy) is 1. The standard InChI is InChI=1S/C16H23ClN2O/c1-20-16-7-4-12(9-15(16)17)10-19(14-5-6-14)11-13-3-2-8-18-13/h4,7,9,13-14,18H,2-3,5-6,8,10-11H2,1H3. The number of nitrogens with zero attached hydrogens (tertiary/aromatic N) is 1. The first-order valence-corrected chi connectivity index (χ1v) is 7.94. The van der Waals surface area contributed by atoms with Crippen LogP contribution in [0.5, 0.6) is 5.75 Å². The topological polar surface area (TPSA) is 24.5 Å². The fourth-order valence-corrected chi connectivity index (χ4v) is 3.30. The second-order valence-corrected chi connectivity index (χ2v) is 6.33. The first kappa shape index (κ1) is 14.2. The fourth-order valence-electron chi connectivity index (χ4n) is 3.02. The summed E-state index contributed by atoms with van der Waals surface area (Å²) in [6, 6.07) is 7.58. The third-order valence-corrected chi connectivity index (χ3v) is 4.58. The second-order valence-electron chi connectivity index (χ2n) is 5.92. The second kappa shape index (κ2) is 6.33. The van der Waals surface area contributed by atoms with Crippen LogP contribution in [0.2, 0.25) is 5.02 Å². The van der Waals surface area contributed by atoms with Crippen molar-refractivity contribution in [2.24, 2.45) is 0 Å². The van der Waals surface area contributed by atoms with Gasteiger partial charge in [-0.05, 0) is 49.9 Å². The summed E-state index contributed by atoms with van der Waals surface area (Å²) in [5.74, 6) is 0.755. The zero-order chi connectivity index (χ0) is 13.9. The van der Waals surface area contributed by atoms with Crippen molar-refractivity contribution >= 4 is 11.6 Å². The van der Waals surface area contributed by atoms with E-state index in [2.05, 4.69) is 16.3 Å². The van der Waals surface area contributed by atoms with Crippen molar-refractivity contribution in [1.82, 2.24) is 10.2 Å². The van der Waals surface area contributed by atoms with E-state index in [9.17, 15) is 0 Å². The van der Waals surface area contributed by atoms with E-state index >= 15 is 0 Å². The smallest absolute Gasteiger partial charge is 0.137 e. The van der Waals surface area contributed by atoms with Crippen molar-refractivity contribution in [3.05, 3.63) is 28.8 Å². The van der Waals surface area contributed by atoms with Gasteiger partial charge >= 0.3 is 0 Å². The minimum Gasteiger partial charge on any atom is -0.495 e. The Morgan fingerprint density at radius 3 is 2.80 bits per heavy atom. The molecule has 20 heavy (non-hydrogen) atoms. The van der Waals surface area contributed by atoms with E-state index in [1.807, 2.05) is 12.1 Å². The van der Waals surface area contributed by atoms with Gasteiger partial charge in [0.2, 0.25) is 0 Å². The molecule has 1 aromatic rings. The molecule has 1 saturated carbocycles. The molecule has 3 nitrogen and oxygen atoms in total. The van der Waals surface area contributed by atoms with Crippen molar-refractivity contribution in [1.29, 1.82) is 0 Å². The van der Waals surface area contributed by atoms with Gasteiger partial charge in [0.15, 0.2) is 0 Å². The summed E-state index contributed by atoms with van der Waals surface area (Å²) in [7, 11) is 1.66. The Balaban J connectivity index is 1.64. The van der Waals surface area contributed by atoms with Gasteiger partial charge in [-0.2, -0.15) is 0 Å². The first-order valence-electron chi connectivity index (χ1n) is 7.56. The van der Waals surface area contributed by atoms with Crippen LogP contribution in [-0.2, 0) is 6.54 Å². The molecule has 2 aliphatic rings. The highest BCUT2D eigenvalue weighted by Crippen LogP contribution is 2.31. The van der Waals surface area contributed by atoms with E-state index in [-0.39, 0.29) is 0 Å². The van der Waals surface area contributed by atoms with Gasteiger partial charge in [-0.3, -0.25) is 4.90 Å². The molecule has 2 fully saturated rings. The summed E-state index contributed by atoms with van der Waals surface area (Å²) in [6.07, 6.45) is 5.32. The number of nitrogens with one attached hydrogen (secondary N) is 1. The van der Waals surface area contributed by atoms with Gasteiger partial charge in [0.25, 0.3) is 0 Å². The van der Waals surface area contributed by atoms with Crippen LogP contribution in [0.3, 0.4) is 0 Å². The molecular weight excluding hydrogens is 272 g/mol. The van der Waals surface area contributed by atoms with E-state index in [0.29, 0.717) is 11.1 Å². The van der Waals surface area contributed by atoms with Crippen molar-refractivity contribution in [3.63, 3.8) is 0 Å². The minimum atomic E-state index is 0.671. The van der Waals surface area contributed by atoms with Crippen molar-refractivity contribution in [3.8, 4) is 5.75 Å². The maximum atomic E-state index is 6.22. The Kier molecular flexibility index (Phi) is 4.49. The SMILES string of the molecule is COc1ccc(CN(CC2CCCN2)C2CC2)cc1Cl. The van der Waals surface area contributed by atoms with E-state index in [1.165, 1.54) is 37.8 Å². The average molecular weight is 295 g/mol. The molecule has 1 aliphatic carbocycles. The third kappa shape index (κ3) is 3.46. The van der Waals surface area contributed by atoms with Crippen LogP contribution in [0.4, 0.5) is 0 Å². The first-order chi connectivity index (χ1) is 9.76. The monoisotopic (exact) mass is 294 g/mol. The van der Waals surface area contributed by atoms with Crippen LogP contribution in [0, 0.1) is 0 Å². The number of methoxy groups -OCH3 is 1. The molecular formula is C16H23ClN2O. The molecule has 0 spiro atoms. The lowest BCUT2D eigenvalue weighted by Gasteiger charge is -2.25. The predicted octanol–water partition coefficient (Wildman–Crippen LogP) is 3.07. The largest absolute Gasteiger partial charge is 0.495 e. The molecule has 1 atom stereocenters. The van der Waals surface area contributed by atoms with Gasteiger partial charge in [0.05, 0.1) is 12.1 Å². The lowest BCUT2D eigenvalue weighted by Crippen LogP contribution is -2.38. The van der Waals surface area contributed by atoms with Crippen molar-refractivity contribution < 1.29 is 4.74 Å². The van der Waals surface area contributed by atoms with E-state index in [1.54, 1.807) is 7.11 Å². The van der Waals surface area contributed by atoms with Crippen LogP contribution < -0.4 is 10.1 Å². The molecule has 1 aliphatic heterocycles. The maximum absolute atomic E-state index is 6.22. The zero-order valence-corrected chi connectivity index (χ0v) is 12.8. The van der Waals surface area contributed by atoms with Crippen LogP contribution in [0.25, 0.3) is 0 Å². The van der Waals surface area contributed by atoms with E-state index in [0.717, 1.165) is 24.9 Å². The van der Waals surface area contributed by atoms with Gasteiger partial charge in [0, 0.05) is 25.2 Å². The van der Waals surface area contributed by atoms with Crippen molar-refractivity contribution in [2.45, 2.75) is 44.3 Å². The Bertz CT molecular complexity index is 456. The normalized spacial score (nSPS) is 22.4. The Morgan fingerprint density at radius 2 is 2.20 bits per heavy atom. The summed E-state index contributed by atoms with van der Waals surface area (Å²) in [5.41, 5.74) is 1.28. The number of hydrogen-bond donors (Lipinski definition) is 1. The van der Waals surface area contributed by atoms with Gasteiger partial charge in [0.1, 0.15) is 5.75 Å². The van der Waals surface area contributed by atoms with Gasteiger partial charge in [-0.1, -0.05) is 17.7 Å². The van der Waals surface area contributed by atoms with Crippen molar-refractivity contribution in [2.75, 3.05) is 20.2 Å². The highest BCUT2D eigenvalue weighted by molar-refractivity contribution is 6.32. The summed E-state index contributed by atoms with van der Waals surface area (Å²) in [4.78, 5) is 2.61. The number of hydrogen-bond acceptors (Lipinski definition) is 3. The highest BCUT2D eigenvalue weighted by Gasteiger charge is 2.31. The average Bonchev–Trinajstić information content (AvgIpc) is 3.17. The lowest BCUT2D eigenvalue weighted by atomic mass is 10.1. The molecule has 0 amide bonds. The summed E-state index contributed by atoms with van der Waals surface area (Å²) in [6.45, 7) is 3.33. The van der Waals surface area contributed by atoms with Crippen LogP contribution >= 0.6 is 11.6 Å². The van der Waals surface area contributed by atoms with Gasteiger partial charge in [-0.15, -0.1) is 0 Å². The minimum absolute atomic E-state index is 0.671. The quantitative estimate of drug-likeness (QED) is 0.873. The summed E-state index contributed by atoms with van der Waals surface area (Å²) >= 11 is 6.22. The number of rotatable bonds is 6. The van der Waals surface area contributed by atoms with Gasteiger partial charge in [-0.25, -0.2) is 0 Å². The molecule has 110 valence electrons. The van der Waals surface area contributed by atoms with Gasteiger partial charge < -0.3 is 10.1 Å². The molecule has 0 bridgehead atoms. The Morgan fingerprint density at radius 1 is 1.35 bits per heavy atom. The Hall–Kier alpha value is -0.770. The summed E-state index contributed by atoms with van der Waals surface area (Å²) < 4.78 is 5.22. The predicted molar refractivity (Wildman–Crippen MR) is 82.5 cm³/mol. The number of benzene rings is 1. The van der Waals surface area contributed by atoms with Crippen LogP contribution in [0.1, 0.15) is 31.2 Å².